The molecule has 0 saturated heterocycles. The molecule has 6 heteroatoms. The van der Waals surface area contributed by atoms with Crippen LogP contribution in [0.5, 0.6) is 5.75 Å². The molecule has 0 spiro atoms. The number of para-hydroxylation sites is 3. The van der Waals surface area contributed by atoms with E-state index >= 15 is 0 Å². The maximum absolute atomic E-state index is 12.8. The molecule has 1 N–H and O–H groups in total. The number of anilines is 2. The van der Waals surface area contributed by atoms with Crippen molar-refractivity contribution in [1.82, 2.24) is 0 Å². The van der Waals surface area contributed by atoms with E-state index in [1.807, 2.05) is 54.6 Å². The van der Waals surface area contributed by atoms with Crippen molar-refractivity contribution < 1.29 is 14.3 Å². The second-order valence-corrected chi connectivity index (χ2v) is 7.60. The van der Waals surface area contributed by atoms with E-state index in [0.717, 1.165) is 16.3 Å². The number of hydrogen-bond donors (Lipinski definition) is 1. The first kappa shape index (κ1) is 19.1. The molecular weight excluding hydrogens is 384 g/mol. The predicted octanol–water partition coefficient (Wildman–Crippen LogP) is 4.46. The summed E-state index contributed by atoms with van der Waals surface area (Å²) in [5.74, 6) is 0.822. The van der Waals surface area contributed by atoms with Gasteiger partial charge in [0, 0.05) is 22.9 Å². The molecule has 1 aliphatic heterocycles. The van der Waals surface area contributed by atoms with Gasteiger partial charge in [0.25, 0.3) is 11.8 Å². The maximum atomic E-state index is 12.8. The molecule has 0 atom stereocenters. The van der Waals surface area contributed by atoms with Crippen molar-refractivity contribution in [2.45, 2.75) is 4.90 Å². The summed E-state index contributed by atoms with van der Waals surface area (Å²) in [6, 6.07) is 24.0. The molecule has 0 aromatic heterocycles. The number of carbonyl (C=O) groups excluding carboxylic acids is 2. The van der Waals surface area contributed by atoms with E-state index in [-0.39, 0.29) is 18.4 Å². The van der Waals surface area contributed by atoms with E-state index in [2.05, 4.69) is 5.32 Å². The summed E-state index contributed by atoms with van der Waals surface area (Å²) >= 11 is 1.74. The number of nitrogens with one attached hydrogen (secondary N) is 1. The zero-order valence-corrected chi connectivity index (χ0v) is 16.5. The van der Waals surface area contributed by atoms with Gasteiger partial charge in [-0.05, 0) is 36.4 Å². The molecule has 0 aliphatic carbocycles. The molecule has 3 aromatic carbocycles. The summed E-state index contributed by atoms with van der Waals surface area (Å²) in [6.45, 7) is 0.509. The van der Waals surface area contributed by atoms with Crippen LogP contribution in [0.1, 0.15) is 10.4 Å². The molecular formula is C23H20N2O3S. The van der Waals surface area contributed by atoms with Crippen molar-refractivity contribution in [2.75, 3.05) is 29.1 Å². The number of nitrogens with zero attached hydrogens (tertiary/aromatic N) is 1. The average molecular weight is 404 g/mol. The number of fused-ring (bicyclic) bond motifs is 1. The van der Waals surface area contributed by atoms with E-state index in [0.29, 0.717) is 23.5 Å². The van der Waals surface area contributed by atoms with Crippen LogP contribution in [0.15, 0.2) is 83.8 Å². The Balaban J connectivity index is 1.46. The molecule has 1 heterocycles. The number of rotatable bonds is 5. The molecule has 0 radical (unpaired) electrons. The lowest BCUT2D eigenvalue weighted by Gasteiger charge is -2.29. The van der Waals surface area contributed by atoms with E-state index in [4.69, 9.17) is 4.74 Å². The van der Waals surface area contributed by atoms with E-state index < -0.39 is 0 Å². The van der Waals surface area contributed by atoms with Crippen LogP contribution in [0.25, 0.3) is 0 Å². The highest BCUT2D eigenvalue weighted by atomic mass is 32.2. The average Bonchev–Trinajstić information content (AvgIpc) is 2.78. The van der Waals surface area contributed by atoms with Gasteiger partial charge in [-0.2, -0.15) is 0 Å². The first-order valence-corrected chi connectivity index (χ1v) is 10.3. The first-order valence-electron chi connectivity index (χ1n) is 9.33. The minimum Gasteiger partial charge on any atom is -0.483 e. The van der Waals surface area contributed by atoms with Gasteiger partial charge >= 0.3 is 0 Å². The normalized spacial score (nSPS) is 12.8. The number of benzene rings is 3. The Morgan fingerprint density at radius 1 is 0.931 bits per heavy atom. The molecule has 29 heavy (non-hydrogen) atoms. The quantitative estimate of drug-likeness (QED) is 0.682. The van der Waals surface area contributed by atoms with Crippen LogP contribution in [-0.4, -0.2) is 30.7 Å². The fourth-order valence-electron chi connectivity index (χ4n) is 3.15. The lowest BCUT2D eigenvalue weighted by atomic mass is 10.2. The molecule has 0 fully saturated rings. The third kappa shape index (κ3) is 4.43. The van der Waals surface area contributed by atoms with Gasteiger partial charge in [-0.3, -0.25) is 9.59 Å². The highest BCUT2D eigenvalue weighted by Gasteiger charge is 2.23. The molecule has 0 unspecified atom stereocenters. The number of ether oxygens (including phenoxy) is 1. The van der Waals surface area contributed by atoms with E-state index in [1.54, 1.807) is 40.9 Å². The van der Waals surface area contributed by atoms with Crippen molar-refractivity contribution >= 4 is 35.0 Å². The molecule has 2 amide bonds. The summed E-state index contributed by atoms with van der Waals surface area (Å²) in [7, 11) is 0. The predicted molar refractivity (Wildman–Crippen MR) is 116 cm³/mol. The second-order valence-electron chi connectivity index (χ2n) is 6.47. The van der Waals surface area contributed by atoms with Gasteiger partial charge in [-0.1, -0.05) is 42.5 Å². The standard InChI is InChI=1S/C23H20N2O3S/c26-22(25-14-15-29-21-13-7-5-11-19(21)25)16-28-20-12-6-4-10-18(20)23(27)24-17-8-2-1-3-9-17/h1-13H,14-16H2,(H,24,27). The second kappa shape index (κ2) is 8.84. The summed E-state index contributed by atoms with van der Waals surface area (Å²) in [6.07, 6.45) is 0. The fraction of sp³-hybridized carbons (Fsp3) is 0.130. The molecule has 4 rings (SSSR count). The zero-order valence-electron chi connectivity index (χ0n) is 15.7. The van der Waals surface area contributed by atoms with Gasteiger partial charge in [0.05, 0.1) is 11.3 Å². The number of amides is 2. The topological polar surface area (TPSA) is 58.6 Å². The summed E-state index contributed by atoms with van der Waals surface area (Å²) < 4.78 is 5.77. The summed E-state index contributed by atoms with van der Waals surface area (Å²) in [4.78, 5) is 28.3. The van der Waals surface area contributed by atoms with Gasteiger partial charge in [0.15, 0.2) is 6.61 Å². The fourth-order valence-corrected chi connectivity index (χ4v) is 4.14. The lowest BCUT2D eigenvalue weighted by molar-refractivity contribution is -0.120. The first-order chi connectivity index (χ1) is 14.2. The third-order valence-corrected chi connectivity index (χ3v) is 5.59. The van der Waals surface area contributed by atoms with Gasteiger partial charge in [-0.25, -0.2) is 0 Å². The summed E-state index contributed by atoms with van der Waals surface area (Å²) in [5, 5.41) is 2.85. The zero-order chi connectivity index (χ0) is 20.1. The minimum atomic E-state index is -0.279. The van der Waals surface area contributed by atoms with Crippen LogP contribution in [0, 0.1) is 0 Å². The molecule has 0 saturated carbocycles. The number of hydrogen-bond acceptors (Lipinski definition) is 4. The summed E-state index contributed by atoms with van der Waals surface area (Å²) in [5.41, 5.74) is 2.00. The minimum absolute atomic E-state index is 0.129. The Morgan fingerprint density at radius 3 is 2.52 bits per heavy atom. The van der Waals surface area contributed by atoms with Crippen LogP contribution in [-0.2, 0) is 4.79 Å². The van der Waals surface area contributed by atoms with Crippen LogP contribution < -0.4 is 15.0 Å². The number of carbonyl (C=O) groups is 2. The van der Waals surface area contributed by atoms with Crippen LogP contribution in [0.2, 0.25) is 0 Å². The van der Waals surface area contributed by atoms with E-state index in [1.165, 1.54) is 0 Å². The van der Waals surface area contributed by atoms with Crippen molar-refractivity contribution in [3.05, 3.63) is 84.4 Å². The smallest absolute Gasteiger partial charge is 0.264 e. The highest BCUT2D eigenvalue weighted by molar-refractivity contribution is 7.99. The van der Waals surface area contributed by atoms with Crippen molar-refractivity contribution in [2.24, 2.45) is 0 Å². The Bertz CT molecular complexity index is 1020. The van der Waals surface area contributed by atoms with Gasteiger partial charge in [-0.15, -0.1) is 11.8 Å². The maximum Gasteiger partial charge on any atom is 0.264 e. The van der Waals surface area contributed by atoms with Crippen LogP contribution in [0.3, 0.4) is 0 Å². The molecule has 1 aliphatic rings. The monoisotopic (exact) mass is 404 g/mol. The van der Waals surface area contributed by atoms with Crippen LogP contribution in [0.4, 0.5) is 11.4 Å². The SMILES string of the molecule is O=C(Nc1ccccc1)c1ccccc1OCC(=O)N1CCSc2ccccc21. The highest BCUT2D eigenvalue weighted by Crippen LogP contribution is 2.34. The lowest BCUT2D eigenvalue weighted by Crippen LogP contribution is -2.38. The van der Waals surface area contributed by atoms with E-state index in [9.17, 15) is 9.59 Å². The molecule has 3 aromatic rings. The molecule has 146 valence electrons. The van der Waals surface area contributed by atoms with Crippen molar-refractivity contribution in [3.63, 3.8) is 0 Å². The number of thioether (sulfide) groups is 1. The Morgan fingerprint density at radius 2 is 1.66 bits per heavy atom. The molecule has 0 bridgehead atoms. The van der Waals surface area contributed by atoms with Crippen molar-refractivity contribution in [1.29, 1.82) is 0 Å². The Hall–Kier alpha value is -3.25. The van der Waals surface area contributed by atoms with Gasteiger partial charge in [0.2, 0.25) is 0 Å². The third-order valence-electron chi connectivity index (χ3n) is 4.54. The Labute approximate surface area is 173 Å². The van der Waals surface area contributed by atoms with Crippen LogP contribution >= 0.6 is 11.8 Å². The molecule has 5 nitrogen and oxygen atoms in total. The Kier molecular flexibility index (Phi) is 5.81. The van der Waals surface area contributed by atoms with Gasteiger partial charge in [0.1, 0.15) is 5.75 Å². The van der Waals surface area contributed by atoms with Gasteiger partial charge < -0.3 is 15.0 Å². The van der Waals surface area contributed by atoms with Crippen molar-refractivity contribution in [3.8, 4) is 5.75 Å². The largest absolute Gasteiger partial charge is 0.483 e.